The summed E-state index contributed by atoms with van der Waals surface area (Å²) in [6, 6.07) is 24.1. The highest BCUT2D eigenvalue weighted by Crippen LogP contribution is 2.31. The molecule has 0 saturated carbocycles. The molecule has 12 heteroatoms. The van der Waals surface area contributed by atoms with Gasteiger partial charge in [-0.2, -0.15) is 0 Å². The summed E-state index contributed by atoms with van der Waals surface area (Å²) in [5.74, 6) is 5.93. The van der Waals surface area contributed by atoms with E-state index in [2.05, 4.69) is 20.8 Å². The summed E-state index contributed by atoms with van der Waals surface area (Å²) >= 11 is 0. The van der Waals surface area contributed by atoms with Crippen LogP contribution in [0.1, 0.15) is 136 Å². The SMILES string of the molecule is CCCCCCCCOc1ccc(-c2nnc3n2c2nnc(-c4ccc(OCCCCCCCC)cc4)n2c2nnc(-c4ccc(OCCCCCCCC)cc4)n32)cc1. The van der Waals surface area contributed by atoms with Crippen LogP contribution in [-0.2, 0) is 0 Å². The van der Waals surface area contributed by atoms with Crippen molar-refractivity contribution in [3.05, 3.63) is 72.8 Å². The summed E-state index contributed by atoms with van der Waals surface area (Å²) < 4.78 is 24.1. The van der Waals surface area contributed by atoms with Gasteiger partial charge in [0, 0.05) is 16.7 Å². The van der Waals surface area contributed by atoms with E-state index >= 15 is 0 Å². The van der Waals surface area contributed by atoms with E-state index < -0.39 is 0 Å². The lowest BCUT2D eigenvalue weighted by atomic mass is 10.1. The fraction of sp³-hybridized carbons (Fsp3) is 0.500. The van der Waals surface area contributed by atoms with Crippen molar-refractivity contribution in [2.24, 2.45) is 0 Å². The largest absolute Gasteiger partial charge is 0.494 e. The zero-order chi connectivity index (χ0) is 41.4. The maximum atomic E-state index is 6.11. The van der Waals surface area contributed by atoms with E-state index in [0.29, 0.717) is 54.6 Å². The Balaban J connectivity index is 1.17. The van der Waals surface area contributed by atoms with Crippen molar-refractivity contribution in [2.45, 2.75) is 136 Å². The number of aromatic nitrogens is 9. The molecule has 4 heterocycles. The smallest absolute Gasteiger partial charge is 0.247 e. The lowest BCUT2D eigenvalue weighted by Crippen LogP contribution is -2.07. The third kappa shape index (κ3) is 10.6. The molecule has 0 radical (unpaired) electrons. The van der Waals surface area contributed by atoms with Crippen LogP contribution in [-0.4, -0.2) is 63.6 Å². The van der Waals surface area contributed by atoms with E-state index in [1.165, 1.54) is 96.3 Å². The number of benzene rings is 3. The number of nitrogens with zero attached hydrogens (tertiary/aromatic N) is 9. The van der Waals surface area contributed by atoms with Gasteiger partial charge in [0.05, 0.1) is 19.8 Å². The van der Waals surface area contributed by atoms with Crippen molar-refractivity contribution in [2.75, 3.05) is 19.8 Å². The van der Waals surface area contributed by atoms with Gasteiger partial charge in [-0.1, -0.05) is 117 Å². The zero-order valence-electron chi connectivity index (χ0n) is 36.0. The summed E-state index contributed by atoms with van der Waals surface area (Å²) in [4.78, 5) is 0. The van der Waals surface area contributed by atoms with Crippen molar-refractivity contribution in [3.63, 3.8) is 0 Å². The van der Waals surface area contributed by atoms with E-state index in [1.54, 1.807) is 0 Å². The Labute approximate surface area is 354 Å². The minimum absolute atomic E-state index is 0.525. The van der Waals surface area contributed by atoms with Gasteiger partial charge in [0.2, 0.25) is 17.3 Å². The minimum atomic E-state index is 0.525. The molecule has 7 rings (SSSR count). The van der Waals surface area contributed by atoms with Gasteiger partial charge in [-0.15, -0.1) is 30.6 Å². The molecule has 0 aliphatic carbocycles. The fourth-order valence-corrected chi connectivity index (χ4v) is 7.69. The standard InChI is InChI=1S/C48H63N9O3/c1-4-7-10-13-16-19-34-58-40-28-22-37(23-29-40)43-49-52-46-55(43)47-53-50-44(38-24-30-41(31-25-38)59-35-20-17-14-11-8-5-2)57(47)48-54-51-45(56(46)48)39-26-32-42(33-27-39)60-36-21-18-15-12-9-6-3/h22-33H,4-21,34-36H2,1-3H3. The number of unbranched alkanes of at least 4 members (excludes halogenated alkanes) is 15. The molecule has 0 unspecified atom stereocenters. The van der Waals surface area contributed by atoms with Crippen LogP contribution in [0.25, 0.3) is 51.5 Å². The monoisotopic (exact) mass is 814 g/mol. The lowest BCUT2D eigenvalue weighted by Gasteiger charge is -2.10. The first-order valence-electron chi connectivity index (χ1n) is 22.8. The Morgan fingerprint density at radius 2 is 0.567 bits per heavy atom. The van der Waals surface area contributed by atoms with E-state index in [1.807, 2.05) is 86.0 Å². The molecule has 0 amide bonds. The lowest BCUT2D eigenvalue weighted by molar-refractivity contribution is 0.304. The molecule has 0 aliphatic rings. The Morgan fingerprint density at radius 3 is 0.833 bits per heavy atom. The Morgan fingerprint density at radius 1 is 0.317 bits per heavy atom. The molecule has 0 N–H and O–H groups in total. The van der Waals surface area contributed by atoms with Crippen LogP contribution in [0.4, 0.5) is 0 Å². The summed E-state index contributed by atoms with van der Waals surface area (Å²) in [5.41, 5.74) is 2.61. The normalized spacial score (nSPS) is 11.7. The summed E-state index contributed by atoms with van der Waals surface area (Å²) in [6.45, 7) is 8.85. The number of hydrogen-bond acceptors (Lipinski definition) is 9. The molecule has 0 saturated heterocycles. The average molecular weight is 814 g/mol. The molecule has 3 aromatic carbocycles. The Bertz CT molecular complexity index is 2040. The van der Waals surface area contributed by atoms with Gasteiger partial charge in [-0.25, -0.2) is 13.2 Å². The highest BCUT2D eigenvalue weighted by molar-refractivity contribution is 5.72. The van der Waals surface area contributed by atoms with Crippen LogP contribution in [0.15, 0.2) is 72.8 Å². The second kappa shape index (κ2) is 22.2. The van der Waals surface area contributed by atoms with Crippen LogP contribution in [0.2, 0.25) is 0 Å². The fourth-order valence-electron chi connectivity index (χ4n) is 7.69. The second-order valence-corrected chi connectivity index (χ2v) is 15.9. The molecule has 0 atom stereocenters. The maximum absolute atomic E-state index is 6.11. The molecule has 4 aromatic heterocycles. The van der Waals surface area contributed by atoms with Crippen molar-refractivity contribution < 1.29 is 14.2 Å². The first-order chi connectivity index (χ1) is 29.7. The van der Waals surface area contributed by atoms with Crippen LogP contribution < -0.4 is 14.2 Å². The third-order valence-corrected chi connectivity index (χ3v) is 11.2. The molecule has 0 aliphatic heterocycles. The van der Waals surface area contributed by atoms with E-state index in [-0.39, 0.29) is 0 Å². The molecule has 0 fully saturated rings. The molecular formula is C48H63N9O3. The molecule has 0 spiro atoms. The van der Waals surface area contributed by atoms with Gasteiger partial charge in [0.25, 0.3) is 0 Å². The maximum Gasteiger partial charge on any atom is 0.247 e. The van der Waals surface area contributed by atoms with Crippen LogP contribution in [0, 0.1) is 0 Å². The minimum Gasteiger partial charge on any atom is -0.494 e. The summed E-state index contributed by atoms with van der Waals surface area (Å²) in [7, 11) is 0. The molecule has 0 bridgehead atoms. The molecular weight excluding hydrogens is 751 g/mol. The number of hydrogen-bond donors (Lipinski definition) is 0. The predicted molar refractivity (Wildman–Crippen MR) is 239 cm³/mol. The van der Waals surface area contributed by atoms with Crippen molar-refractivity contribution in [3.8, 4) is 51.4 Å². The molecule has 318 valence electrons. The molecule has 12 nitrogen and oxygen atoms in total. The number of ether oxygens (including phenoxy) is 3. The van der Waals surface area contributed by atoms with Crippen LogP contribution in [0.3, 0.4) is 0 Å². The van der Waals surface area contributed by atoms with Gasteiger partial charge >= 0.3 is 0 Å². The van der Waals surface area contributed by atoms with E-state index in [0.717, 1.165) is 53.2 Å². The van der Waals surface area contributed by atoms with Crippen molar-refractivity contribution >= 4 is 17.3 Å². The predicted octanol–water partition coefficient (Wildman–Crippen LogP) is 12.0. The van der Waals surface area contributed by atoms with Gasteiger partial charge in [-0.3, -0.25) is 0 Å². The number of rotatable bonds is 27. The Kier molecular flexibility index (Phi) is 15.8. The van der Waals surface area contributed by atoms with Gasteiger partial charge < -0.3 is 14.2 Å². The van der Waals surface area contributed by atoms with E-state index in [4.69, 9.17) is 44.8 Å². The topological polar surface area (TPSA) is 118 Å². The third-order valence-electron chi connectivity index (χ3n) is 11.2. The quantitative estimate of drug-likeness (QED) is 0.0467. The highest BCUT2D eigenvalue weighted by Gasteiger charge is 2.25. The Hall–Kier alpha value is -5.52. The van der Waals surface area contributed by atoms with Gasteiger partial charge in [0.15, 0.2) is 17.5 Å². The van der Waals surface area contributed by atoms with Crippen molar-refractivity contribution in [1.82, 2.24) is 43.8 Å². The second-order valence-electron chi connectivity index (χ2n) is 15.9. The van der Waals surface area contributed by atoms with Crippen molar-refractivity contribution in [1.29, 1.82) is 0 Å². The number of fused-ring (bicyclic) bond motifs is 6. The zero-order valence-corrected chi connectivity index (χ0v) is 36.0. The average Bonchev–Trinajstić information content (AvgIpc) is 4.04. The first kappa shape index (κ1) is 42.6. The van der Waals surface area contributed by atoms with Gasteiger partial charge in [0.1, 0.15) is 17.2 Å². The summed E-state index contributed by atoms with van der Waals surface area (Å²) in [6.07, 6.45) is 22.0. The highest BCUT2D eigenvalue weighted by atomic mass is 16.5. The van der Waals surface area contributed by atoms with Crippen LogP contribution in [0.5, 0.6) is 17.2 Å². The summed E-state index contributed by atoms with van der Waals surface area (Å²) in [5, 5.41) is 28.4. The van der Waals surface area contributed by atoms with Crippen LogP contribution >= 0.6 is 0 Å². The van der Waals surface area contributed by atoms with Gasteiger partial charge in [-0.05, 0) is 92.1 Å². The molecule has 7 aromatic rings. The first-order valence-corrected chi connectivity index (χ1v) is 22.8. The molecule has 60 heavy (non-hydrogen) atoms. The van der Waals surface area contributed by atoms with E-state index in [9.17, 15) is 0 Å².